The van der Waals surface area contributed by atoms with Gasteiger partial charge < -0.3 is 22.0 Å². The molecule has 0 radical (unpaired) electrons. The van der Waals surface area contributed by atoms with E-state index in [4.69, 9.17) is 4.74 Å². The molecule has 0 unspecified atom stereocenters. The molecule has 0 aliphatic heterocycles. The number of ether oxygens (including phenoxy) is 1. The number of benzene rings is 2. The molecule has 2 aromatic rings. The molecule has 0 bridgehead atoms. The van der Waals surface area contributed by atoms with Crippen LogP contribution in [0.4, 0.5) is 0 Å². The minimum atomic E-state index is -0.257. The molecule has 0 fully saturated rings. The summed E-state index contributed by atoms with van der Waals surface area (Å²) in [6, 6.07) is 18.7. The molecule has 0 amide bonds. The SMILES string of the molecule is CC[NH+](CC)CCOC(=O)/C=C/Cc1ccc(-c2ccccc2)cc1.[Cl-]. The predicted octanol–water partition coefficient (Wildman–Crippen LogP) is -0.0758. The van der Waals surface area contributed by atoms with Gasteiger partial charge in [0.2, 0.25) is 0 Å². The quantitative estimate of drug-likeness (QED) is 0.492. The summed E-state index contributed by atoms with van der Waals surface area (Å²) >= 11 is 0. The van der Waals surface area contributed by atoms with Gasteiger partial charge in [0.25, 0.3) is 0 Å². The molecule has 0 spiro atoms. The molecule has 3 nitrogen and oxygen atoms in total. The first-order valence-corrected chi connectivity index (χ1v) is 9.04. The third-order valence-corrected chi connectivity index (χ3v) is 4.37. The Morgan fingerprint density at radius 3 is 2.19 bits per heavy atom. The van der Waals surface area contributed by atoms with Crippen molar-refractivity contribution in [2.45, 2.75) is 20.3 Å². The number of nitrogens with one attached hydrogen (secondary N) is 1. The number of hydrogen-bond acceptors (Lipinski definition) is 2. The van der Waals surface area contributed by atoms with Gasteiger partial charge in [-0.25, -0.2) is 4.79 Å². The fourth-order valence-electron chi connectivity index (χ4n) is 2.70. The summed E-state index contributed by atoms with van der Waals surface area (Å²) in [6.45, 7) is 7.75. The third-order valence-electron chi connectivity index (χ3n) is 4.37. The number of rotatable bonds is 9. The van der Waals surface area contributed by atoms with Crippen molar-refractivity contribution in [1.29, 1.82) is 0 Å². The molecule has 2 rings (SSSR count). The van der Waals surface area contributed by atoms with Crippen LogP contribution in [0.25, 0.3) is 11.1 Å². The molecule has 0 aliphatic carbocycles. The molecule has 0 aromatic heterocycles. The number of quaternary nitrogens is 1. The lowest BCUT2D eigenvalue weighted by Crippen LogP contribution is -3.11. The Bertz CT molecular complexity index is 664. The number of halogens is 1. The Hall–Kier alpha value is -2.10. The lowest BCUT2D eigenvalue weighted by atomic mass is 10.0. The van der Waals surface area contributed by atoms with Crippen LogP contribution in [0.1, 0.15) is 19.4 Å². The zero-order valence-corrected chi connectivity index (χ0v) is 16.3. The fraction of sp³-hybridized carbons (Fsp3) is 0.318. The van der Waals surface area contributed by atoms with Crippen molar-refractivity contribution in [3.05, 3.63) is 72.3 Å². The van der Waals surface area contributed by atoms with Crippen molar-refractivity contribution >= 4 is 5.97 Å². The Morgan fingerprint density at radius 1 is 0.962 bits per heavy atom. The molecule has 0 aliphatic rings. The molecule has 0 saturated heterocycles. The first-order chi connectivity index (χ1) is 12.2. The Balaban J connectivity index is 0.00000338. The average Bonchev–Trinajstić information content (AvgIpc) is 2.66. The molecular formula is C22H28ClNO2. The average molecular weight is 374 g/mol. The van der Waals surface area contributed by atoms with Gasteiger partial charge in [0.15, 0.2) is 0 Å². The second-order valence-electron chi connectivity index (χ2n) is 6.04. The summed E-state index contributed by atoms with van der Waals surface area (Å²) in [5, 5.41) is 0. The second-order valence-corrected chi connectivity index (χ2v) is 6.04. The highest BCUT2D eigenvalue weighted by Gasteiger charge is 2.04. The Morgan fingerprint density at radius 2 is 1.58 bits per heavy atom. The monoisotopic (exact) mass is 373 g/mol. The number of allylic oxidation sites excluding steroid dienone is 1. The molecule has 2 aromatic carbocycles. The molecule has 0 atom stereocenters. The molecular weight excluding hydrogens is 346 g/mol. The smallest absolute Gasteiger partial charge is 0.330 e. The topological polar surface area (TPSA) is 30.7 Å². The highest BCUT2D eigenvalue weighted by atomic mass is 35.5. The van der Waals surface area contributed by atoms with E-state index in [-0.39, 0.29) is 18.4 Å². The zero-order valence-electron chi connectivity index (χ0n) is 15.6. The molecule has 1 N–H and O–H groups in total. The first kappa shape index (κ1) is 21.9. The normalized spacial score (nSPS) is 10.7. The number of likely N-dealkylation sites (N-methyl/N-ethyl adjacent to an activating group) is 1. The van der Waals surface area contributed by atoms with Crippen LogP contribution in [-0.2, 0) is 16.0 Å². The van der Waals surface area contributed by atoms with E-state index in [0.29, 0.717) is 6.61 Å². The summed E-state index contributed by atoms with van der Waals surface area (Å²) in [5.41, 5.74) is 3.59. The molecule has 26 heavy (non-hydrogen) atoms. The van der Waals surface area contributed by atoms with Gasteiger partial charge in [0, 0.05) is 6.08 Å². The van der Waals surface area contributed by atoms with Gasteiger partial charge in [-0.15, -0.1) is 0 Å². The maximum atomic E-state index is 11.7. The van der Waals surface area contributed by atoms with Crippen molar-refractivity contribution in [3.63, 3.8) is 0 Å². The molecule has 0 heterocycles. The maximum Gasteiger partial charge on any atom is 0.330 e. The third kappa shape index (κ3) is 7.42. The molecule has 140 valence electrons. The van der Waals surface area contributed by atoms with E-state index >= 15 is 0 Å². The summed E-state index contributed by atoms with van der Waals surface area (Å²) in [6.07, 6.45) is 4.12. The predicted molar refractivity (Wildman–Crippen MR) is 103 cm³/mol. The summed E-state index contributed by atoms with van der Waals surface area (Å²) < 4.78 is 5.24. The lowest BCUT2D eigenvalue weighted by Gasteiger charge is -2.14. The standard InChI is InChI=1S/C22H27NO2.ClH/c1-3-23(4-2)17-18-25-22(24)12-8-9-19-13-15-21(16-14-19)20-10-6-5-7-11-20;/h5-8,10-16H,3-4,9,17-18H2,1-2H3;1H/b12-8+;. The van der Waals surface area contributed by atoms with Crippen LogP contribution in [0.15, 0.2) is 66.7 Å². The number of carbonyl (C=O) groups is 1. The highest BCUT2D eigenvalue weighted by Crippen LogP contribution is 2.19. The van der Waals surface area contributed by atoms with Crippen molar-refractivity contribution in [2.75, 3.05) is 26.2 Å². The Kier molecular flexibility index (Phi) is 10.4. The van der Waals surface area contributed by atoms with Gasteiger partial charge in [0.05, 0.1) is 13.1 Å². The van der Waals surface area contributed by atoms with Crippen molar-refractivity contribution in [1.82, 2.24) is 0 Å². The van der Waals surface area contributed by atoms with E-state index in [0.717, 1.165) is 26.1 Å². The van der Waals surface area contributed by atoms with Gasteiger partial charge in [0.1, 0.15) is 13.2 Å². The molecule has 0 saturated carbocycles. The van der Waals surface area contributed by atoms with Crippen molar-refractivity contribution < 1.29 is 26.8 Å². The van der Waals surface area contributed by atoms with Gasteiger partial charge in [-0.1, -0.05) is 60.7 Å². The summed E-state index contributed by atoms with van der Waals surface area (Å²) in [7, 11) is 0. The largest absolute Gasteiger partial charge is 1.00 e. The van der Waals surface area contributed by atoms with Crippen LogP contribution in [-0.4, -0.2) is 32.2 Å². The van der Waals surface area contributed by atoms with Gasteiger partial charge in [-0.3, -0.25) is 0 Å². The maximum absolute atomic E-state index is 11.7. The number of carbonyl (C=O) groups excluding carboxylic acids is 1. The molecule has 4 heteroatoms. The van der Waals surface area contributed by atoms with Crippen LogP contribution in [0.5, 0.6) is 0 Å². The highest BCUT2D eigenvalue weighted by molar-refractivity contribution is 5.81. The summed E-state index contributed by atoms with van der Waals surface area (Å²) in [4.78, 5) is 13.2. The minimum Gasteiger partial charge on any atom is -1.00 e. The summed E-state index contributed by atoms with van der Waals surface area (Å²) in [5.74, 6) is -0.257. The van der Waals surface area contributed by atoms with Crippen LogP contribution >= 0.6 is 0 Å². The van der Waals surface area contributed by atoms with Gasteiger partial charge in [-0.2, -0.15) is 0 Å². The van der Waals surface area contributed by atoms with Crippen LogP contribution < -0.4 is 17.3 Å². The Labute approximate surface area is 163 Å². The van der Waals surface area contributed by atoms with E-state index in [1.807, 2.05) is 24.3 Å². The minimum absolute atomic E-state index is 0. The number of hydrogen-bond donors (Lipinski definition) is 1. The van der Waals surface area contributed by atoms with Crippen molar-refractivity contribution in [3.8, 4) is 11.1 Å². The van der Waals surface area contributed by atoms with E-state index < -0.39 is 0 Å². The van der Waals surface area contributed by atoms with Gasteiger partial charge >= 0.3 is 5.97 Å². The van der Waals surface area contributed by atoms with E-state index in [1.54, 1.807) is 0 Å². The fourth-order valence-corrected chi connectivity index (χ4v) is 2.70. The van der Waals surface area contributed by atoms with Crippen LogP contribution in [0, 0.1) is 0 Å². The van der Waals surface area contributed by atoms with E-state index in [9.17, 15) is 4.79 Å². The second kappa shape index (κ2) is 12.3. The van der Waals surface area contributed by atoms with Crippen LogP contribution in [0.3, 0.4) is 0 Å². The lowest BCUT2D eigenvalue weighted by molar-refractivity contribution is -0.896. The number of esters is 1. The van der Waals surface area contributed by atoms with Crippen LogP contribution in [0.2, 0.25) is 0 Å². The van der Waals surface area contributed by atoms with Crippen molar-refractivity contribution in [2.24, 2.45) is 0 Å². The van der Waals surface area contributed by atoms with E-state index in [2.05, 4.69) is 50.2 Å². The zero-order chi connectivity index (χ0) is 17.9. The first-order valence-electron chi connectivity index (χ1n) is 9.04. The van der Waals surface area contributed by atoms with E-state index in [1.165, 1.54) is 27.7 Å². The van der Waals surface area contributed by atoms with Gasteiger partial charge in [-0.05, 0) is 37.0 Å².